The van der Waals surface area contributed by atoms with Gasteiger partial charge in [0.1, 0.15) is 6.07 Å². The first-order valence-electron chi connectivity index (χ1n) is 6.46. The molecule has 1 aliphatic rings. The Bertz CT molecular complexity index is 646. The highest BCUT2D eigenvalue weighted by molar-refractivity contribution is 5.88. The molecule has 1 aromatic heterocycles. The van der Waals surface area contributed by atoms with E-state index in [2.05, 4.69) is 41.6 Å². The summed E-state index contributed by atoms with van der Waals surface area (Å²) in [6.45, 7) is 5.16. The van der Waals surface area contributed by atoms with Crippen LogP contribution >= 0.6 is 0 Å². The molecule has 0 spiro atoms. The summed E-state index contributed by atoms with van der Waals surface area (Å²) in [4.78, 5) is 2.31. The van der Waals surface area contributed by atoms with Crippen LogP contribution in [0.4, 0.5) is 0 Å². The molecule has 2 heterocycles. The second kappa shape index (κ2) is 4.15. The molecule has 0 bridgehead atoms. The molecule has 0 radical (unpaired) electrons. The molecule has 0 saturated carbocycles. The number of hydrogen-bond donors (Lipinski definition) is 0. The van der Waals surface area contributed by atoms with Gasteiger partial charge in [-0.1, -0.05) is 6.92 Å². The van der Waals surface area contributed by atoms with Crippen molar-refractivity contribution in [1.29, 1.82) is 5.26 Å². The zero-order chi connectivity index (χ0) is 12.7. The minimum atomic E-state index is 0.802. The molecule has 92 valence electrons. The van der Waals surface area contributed by atoms with Crippen molar-refractivity contribution in [3.63, 3.8) is 0 Å². The Morgan fingerprint density at radius 2 is 2.00 bits per heavy atom. The number of nitrogens with zero attached hydrogens (tertiary/aromatic N) is 3. The van der Waals surface area contributed by atoms with Crippen LogP contribution in [0.3, 0.4) is 0 Å². The van der Waals surface area contributed by atoms with Gasteiger partial charge in [0.15, 0.2) is 0 Å². The summed E-state index contributed by atoms with van der Waals surface area (Å²) >= 11 is 0. The molecule has 0 amide bonds. The van der Waals surface area contributed by atoms with E-state index < -0.39 is 0 Å². The number of aryl methyl sites for hydroxylation is 1. The monoisotopic (exact) mass is 239 g/mol. The van der Waals surface area contributed by atoms with E-state index >= 15 is 0 Å². The van der Waals surface area contributed by atoms with Gasteiger partial charge in [0.25, 0.3) is 0 Å². The molecule has 0 fully saturated rings. The van der Waals surface area contributed by atoms with Gasteiger partial charge < -0.3 is 4.57 Å². The van der Waals surface area contributed by atoms with Gasteiger partial charge in [-0.05, 0) is 36.7 Å². The van der Waals surface area contributed by atoms with E-state index in [1.807, 2.05) is 6.20 Å². The van der Waals surface area contributed by atoms with Crippen molar-refractivity contribution in [2.75, 3.05) is 7.05 Å². The maximum atomic E-state index is 9.24. The highest BCUT2D eigenvalue weighted by Crippen LogP contribution is 2.30. The van der Waals surface area contributed by atoms with Gasteiger partial charge in [0, 0.05) is 36.7 Å². The standard InChI is InChI=1S/C15H17N3/c1-3-4-18-10-13(7-16)14-5-11-8-17(2)9-12(11)6-15(14)18/h5-6,10H,3-4,8-9H2,1-2H3. The van der Waals surface area contributed by atoms with E-state index in [9.17, 15) is 5.26 Å². The van der Waals surface area contributed by atoms with Crippen LogP contribution in [0.15, 0.2) is 18.3 Å². The summed E-state index contributed by atoms with van der Waals surface area (Å²) in [6.07, 6.45) is 3.08. The van der Waals surface area contributed by atoms with Crippen LogP contribution < -0.4 is 0 Å². The van der Waals surface area contributed by atoms with Crippen LogP contribution in [0.5, 0.6) is 0 Å². The third-order valence-corrected chi connectivity index (χ3v) is 3.67. The van der Waals surface area contributed by atoms with Crippen molar-refractivity contribution in [1.82, 2.24) is 9.47 Å². The fraction of sp³-hybridized carbons (Fsp3) is 0.400. The lowest BCUT2D eigenvalue weighted by atomic mass is 10.1. The highest BCUT2D eigenvalue weighted by Gasteiger charge is 2.18. The fourth-order valence-electron chi connectivity index (χ4n) is 2.87. The van der Waals surface area contributed by atoms with Crippen LogP contribution in [0.25, 0.3) is 10.9 Å². The van der Waals surface area contributed by atoms with E-state index in [-0.39, 0.29) is 0 Å². The summed E-state index contributed by atoms with van der Waals surface area (Å²) < 4.78 is 2.21. The van der Waals surface area contributed by atoms with Crippen LogP contribution in [0.1, 0.15) is 30.0 Å². The van der Waals surface area contributed by atoms with Crippen LogP contribution in [0.2, 0.25) is 0 Å². The average Bonchev–Trinajstić information content (AvgIpc) is 2.86. The number of benzene rings is 1. The number of rotatable bonds is 2. The molecule has 1 aliphatic heterocycles. The molecule has 0 N–H and O–H groups in total. The minimum Gasteiger partial charge on any atom is -0.346 e. The Morgan fingerprint density at radius 3 is 2.67 bits per heavy atom. The van der Waals surface area contributed by atoms with Crippen molar-refractivity contribution in [3.8, 4) is 6.07 Å². The zero-order valence-corrected chi connectivity index (χ0v) is 10.9. The SMILES string of the molecule is CCCn1cc(C#N)c2cc3c(cc21)CN(C)C3. The Morgan fingerprint density at radius 1 is 1.28 bits per heavy atom. The summed E-state index contributed by atoms with van der Waals surface area (Å²) in [6, 6.07) is 6.79. The molecule has 1 aromatic carbocycles. The van der Waals surface area contributed by atoms with Gasteiger partial charge in [-0.25, -0.2) is 0 Å². The summed E-state index contributed by atoms with van der Waals surface area (Å²) in [5.41, 5.74) is 4.79. The Labute approximate surface area is 107 Å². The van der Waals surface area contributed by atoms with Crippen molar-refractivity contribution in [3.05, 3.63) is 35.0 Å². The quantitative estimate of drug-likeness (QED) is 0.807. The Kier molecular flexibility index (Phi) is 2.61. The predicted octanol–water partition coefficient (Wildman–Crippen LogP) is 2.87. The first-order valence-corrected chi connectivity index (χ1v) is 6.46. The molecule has 0 unspecified atom stereocenters. The normalized spacial score (nSPS) is 14.9. The number of nitriles is 1. The minimum absolute atomic E-state index is 0.802. The molecule has 2 aromatic rings. The number of hydrogen-bond acceptors (Lipinski definition) is 2. The second-order valence-corrected chi connectivity index (χ2v) is 5.16. The molecule has 3 rings (SSSR count). The van der Waals surface area contributed by atoms with E-state index in [4.69, 9.17) is 0 Å². The maximum absolute atomic E-state index is 9.24. The topological polar surface area (TPSA) is 32.0 Å². The molecule has 3 nitrogen and oxygen atoms in total. The van der Waals surface area contributed by atoms with Gasteiger partial charge >= 0.3 is 0 Å². The number of fused-ring (bicyclic) bond motifs is 2. The van der Waals surface area contributed by atoms with Crippen molar-refractivity contribution in [2.45, 2.75) is 33.0 Å². The van der Waals surface area contributed by atoms with Crippen molar-refractivity contribution < 1.29 is 0 Å². The molecule has 0 saturated heterocycles. The molecular weight excluding hydrogens is 222 g/mol. The molecule has 3 heteroatoms. The Hall–Kier alpha value is -1.79. The summed E-state index contributed by atoms with van der Waals surface area (Å²) in [7, 11) is 2.13. The summed E-state index contributed by atoms with van der Waals surface area (Å²) in [5.74, 6) is 0. The maximum Gasteiger partial charge on any atom is 0.101 e. The fourth-order valence-corrected chi connectivity index (χ4v) is 2.87. The predicted molar refractivity (Wildman–Crippen MR) is 72.1 cm³/mol. The first kappa shape index (κ1) is 11.3. The first-order chi connectivity index (χ1) is 8.72. The van der Waals surface area contributed by atoms with E-state index in [1.165, 1.54) is 16.6 Å². The van der Waals surface area contributed by atoms with Crippen LogP contribution in [-0.4, -0.2) is 16.5 Å². The average molecular weight is 239 g/mol. The van der Waals surface area contributed by atoms with E-state index in [1.54, 1.807) is 0 Å². The lowest BCUT2D eigenvalue weighted by Gasteiger charge is -2.04. The largest absolute Gasteiger partial charge is 0.346 e. The van der Waals surface area contributed by atoms with Gasteiger partial charge in [0.2, 0.25) is 0 Å². The highest BCUT2D eigenvalue weighted by atomic mass is 15.1. The Balaban J connectivity index is 2.23. The van der Waals surface area contributed by atoms with Crippen LogP contribution in [-0.2, 0) is 19.6 Å². The smallest absolute Gasteiger partial charge is 0.101 e. The number of aromatic nitrogens is 1. The van der Waals surface area contributed by atoms with Crippen molar-refractivity contribution in [2.24, 2.45) is 0 Å². The van der Waals surface area contributed by atoms with E-state index in [0.29, 0.717) is 0 Å². The van der Waals surface area contributed by atoms with Gasteiger partial charge in [-0.2, -0.15) is 5.26 Å². The second-order valence-electron chi connectivity index (χ2n) is 5.16. The lowest BCUT2D eigenvalue weighted by molar-refractivity contribution is 0.353. The lowest BCUT2D eigenvalue weighted by Crippen LogP contribution is -2.07. The van der Waals surface area contributed by atoms with Gasteiger partial charge in [-0.3, -0.25) is 4.90 Å². The van der Waals surface area contributed by atoms with Crippen LogP contribution in [0, 0.1) is 11.3 Å². The third kappa shape index (κ3) is 1.61. The molecule has 0 atom stereocenters. The molecular formula is C15H17N3. The third-order valence-electron chi connectivity index (χ3n) is 3.67. The molecule has 0 aliphatic carbocycles. The van der Waals surface area contributed by atoms with Gasteiger partial charge in [-0.15, -0.1) is 0 Å². The van der Waals surface area contributed by atoms with E-state index in [0.717, 1.165) is 37.0 Å². The van der Waals surface area contributed by atoms with Crippen molar-refractivity contribution >= 4 is 10.9 Å². The van der Waals surface area contributed by atoms with Gasteiger partial charge in [0.05, 0.1) is 5.56 Å². The summed E-state index contributed by atoms with van der Waals surface area (Å²) in [5, 5.41) is 10.4. The molecule has 18 heavy (non-hydrogen) atoms. The zero-order valence-electron chi connectivity index (χ0n) is 10.9.